The summed E-state index contributed by atoms with van der Waals surface area (Å²) in [5.74, 6) is -3.16. The van der Waals surface area contributed by atoms with Crippen molar-refractivity contribution >= 4 is 24.0 Å². The predicted octanol–water partition coefficient (Wildman–Crippen LogP) is 6.45. The van der Waals surface area contributed by atoms with E-state index in [1.807, 2.05) is 39.8 Å². The molecule has 0 radical (unpaired) electrons. The minimum Gasteiger partial charge on any atom is -0.453 e. The van der Waals surface area contributed by atoms with Crippen LogP contribution in [0.4, 0.5) is 18.4 Å². The van der Waals surface area contributed by atoms with Crippen molar-refractivity contribution in [2.75, 3.05) is 27.3 Å². The first-order valence-electron chi connectivity index (χ1n) is 19.0. The second kappa shape index (κ2) is 15.5. The number of aromatic amines is 2. The molecule has 2 aromatic carbocycles. The van der Waals surface area contributed by atoms with Gasteiger partial charge < -0.3 is 39.9 Å². The summed E-state index contributed by atoms with van der Waals surface area (Å²) in [4.78, 5) is 70.1. The summed E-state index contributed by atoms with van der Waals surface area (Å²) in [6.45, 7) is 8.16. The molecule has 4 aromatic rings. The lowest BCUT2D eigenvalue weighted by Crippen LogP contribution is -2.51. The Balaban J connectivity index is 1.11. The van der Waals surface area contributed by atoms with Gasteiger partial charge in [0.2, 0.25) is 11.8 Å². The summed E-state index contributed by atoms with van der Waals surface area (Å²) in [6, 6.07) is 7.22. The minimum absolute atomic E-state index is 0.112. The number of carbonyl (C=O) groups excluding carboxylic acids is 4. The Morgan fingerprint density at radius 1 is 0.789 bits per heavy atom. The van der Waals surface area contributed by atoms with Crippen LogP contribution in [0.1, 0.15) is 75.4 Å². The summed E-state index contributed by atoms with van der Waals surface area (Å²) in [5, 5.41) is 5.26. The van der Waals surface area contributed by atoms with Gasteiger partial charge in [-0.3, -0.25) is 9.59 Å². The van der Waals surface area contributed by atoms with Crippen molar-refractivity contribution in [3.05, 3.63) is 83.7 Å². The first-order chi connectivity index (χ1) is 27.2. The highest BCUT2D eigenvalue weighted by atomic mass is 19.3. The van der Waals surface area contributed by atoms with Crippen LogP contribution in [0.2, 0.25) is 0 Å². The Bertz CT molecular complexity index is 2230. The molecule has 300 valence electrons. The Kier molecular flexibility index (Phi) is 10.6. The third-order valence-electron chi connectivity index (χ3n) is 11.0. The van der Waals surface area contributed by atoms with Crippen molar-refractivity contribution in [1.82, 2.24) is 40.4 Å². The largest absolute Gasteiger partial charge is 0.453 e. The van der Waals surface area contributed by atoms with Crippen LogP contribution in [0.25, 0.3) is 33.6 Å². The summed E-state index contributed by atoms with van der Waals surface area (Å²) < 4.78 is 41.7. The Labute approximate surface area is 328 Å². The standard InChI is InChI=1S/C41H46F2N8O6/c1-21(2)33(48-39(54)56-5)37(52)50-15-7-9-31(50)35-44-19-29(46-35)23-12-14-27-26(17-23)25-13-11-24(18-28(25)41(27,42)43)30-20-45-36(47-30)32-10-8-16-51(32)38(53)34(22(3)4)49-40(55)57-6/h8,10-14,17-22,31-34H,7,9,15-16H2,1-6H3,(H,44,46)(H,45,47)(H,48,54)(H,49,55)/t31?,32?,33-,34-/m0/s1. The first kappa shape index (κ1) is 39.2. The van der Waals surface area contributed by atoms with E-state index in [2.05, 4.69) is 30.6 Å². The highest BCUT2D eigenvalue weighted by Crippen LogP contribution is 2.52. The number of imidazole rings is 2. The lowest BCUT2D eigenvalue weighted by Gasteiger charge is -2.30. The summed E-state index contributed by atoms with van der Waals surface area (Å²) in [7, 11) is 2.48. The van der Waals surface area contributed by atoms with E-state index in [0.29, 0.717) is 64.8 Å². The lowest BCUT2D eigenvalue weighted by atomic mass is 10.0. The topological polar surface area (TPSA) is 175 Å². The third kappa shape index (κ3) is 7.24. The number of methoxy groups -OCH3 is 2. The fraction of sp³-hybridized carbons (Fsp3) is 0.415. The number of fused-ring (bicyclic) bond motifs is 3. The molecular weight excluding hydrogens is 738 g/mol. The fourth-order valence-corrected chi connectivity index (χ4v) is 7.90. The maximum atomic E-state index is 16.1. The van der Waals surface area contributed by atoms with Gasteiger partial charge in [-0.25, -0.2) is 19.6 Å². The highest BCUT2D eigenvalue weighted by Gasteiger charge is 2.45. The van der Waals surface area contributed by atoms with E-state index in [1.165, 1.54) is 26.4 Å². The maximum absolute atomic E-state index is 16.1. The van der Waals surface area contributed by atoms with E-state index >= 15 is 8.78 Å². The second-order valence-electron chi connectivity index (χ2n) is 15.2. The zero-order valence-electron chi connectivity index (χ0n) is 32.6. The lowest BCUT2D eigenvalue weighted by molar-refractivity contribution is -0.136. The zero-order chi connectivity index (χ0) is 40.8. The van der Waals surface area contributed by atoms with Gasteiger partial charge in [-0.1, -0.05) is 64.1 Å². The van der Waals surface area contributed by atoms with Crippen LogP contribution in [-0.4, -0.2) is 93.1 Å². The number of alkyl halides is 2. The van der Waals surface area contributed by atoms with Gasteiger partial charge in [-0.15, -0.1) is 0 Å². The molecule has 1 saturated heterocycles. The van der Waals surface area contributed by atoms with E-state index in [4.69, 9.17) is 9.47 Å². The van der Waals surface area contributed by atoms with E-state index in [0.717, 1.165) is 6.42 Å². The van der Waals surface area contributed by atoms with E-state index in [1.54, 1.807) is 46.5 Å². The molecule has 4 heterocycles. The molecule has 4 atom stereocenters. The Morgan fingerprint density at radius 3 is 2.00 bits per heavy atom. The van der Waals surface area contributed by atoms with Gasteiger partial charge in [0.1, 0.15) is 29.8 Å². The molecule has 0 bridgehead atoms. The van der Waals surface area contributed by atoms with Crippen LogP contribution in [0.3, 0.4) is 0 Å². The van der Waals surface area contributed by atoms with Crippen LogP contribution in [0, 0.1) is 11.8 Å². The van der Waals surface area contributed by atoms with Gasteiger partial charge in [0.15, 0.2) is 0 Å². The third-order valence-corrected chi connectivity index (χ3v) is 11.0. The molecule has 4 amide bonds. The highest BCUT2D eigenvalue weighted by molar-refractivity contribution is 5.88. The molecule has 16 heteroatoms. The van der Waals surface area contributed by atoms with E-state index < -0.39 is 36.2 Å². The average Bonchev–Trinajstić information content (AvgIpc) is 4.05. The molecule has 57 heavy (non-hydrogen) atoms. The van der Waals surface area contributed by atoms with Crippen LogP contribution >= 0.6 is 0 Å². The maximum Gasteiger partial charge on any atom is 0.407 e. The SMILES string of the molecule is COC(=O)N[C@H](C(=O)N1CC=CC1c1ncc(-c2ccc3c(c2)C(F)(F)c2ccc(-c4cnc(C5CCCN5C(=O)[C@@H](NC(=O)OC)C(C)C)[nH]4)cc2-3)[nH]1)C(C)C. The van der Waals surface area contributed by atoms with Crippen LogP contribution in [0.5, 0.6) is 0 Å². The Hall–Kier alpha value is -6.06. The number of rotatable bonds is 10. The number of amides is 4. The number of aromatic nitrogens is 4. The van der Waals surface area contributed by atoms with Crippen LogP contribution in [-0.2, 0) is 25.0 Å². The molecule has 2 aliphatic heterocycles. The quantitative estimate of drug-likeness (QED) is 0.133. The molecule has 2 unspecified atom stereocenters. The van der Waals surface area contributed by atoms with Crippen molar-refractivity contribution in [2.45, 2.75) is 70.6 Å². The molecule has 7 rings (SSSR count). The van der Waals surface area contributed by atoms with Gasteiger partial charge in [0.05, 0.1) is 44.0 Å². The molecule has 4 N–H and O–H groups in total. The minimum atomic E-state index is -3.27. The fourth-order valence-electron chi connectivity index (χ4n) is 7.90. The summed E-state index contributed by atoms with van der Waals surface area (Å²) >= 11 is 0. The smallest absolute Gasteiger partial charge is 0.407 e. The molecule has 1 aliphatic carbocycles. The number of hydrogen-bond donors (Lipinski definition) is 4. The molecule has 0 spiro atoms. The van der Waals surface area contributed by atoms with Crippen molar-refractivity contribution in [2.24, 2.45) is 11.8 Å². The number of nitrogens with one attached hydrogen (secondary N) is 4. The number of nitrogens with zero attached hydrogens (tertiary/aromatic N) is 4. The normalized spacial score (nSPS) is 19.1. The van der Waals surface area contributed by atoms with Crippen molar-refractivity contribution in [3.63, 3.8) is 0 Å². The van der Waals surface area contributed by atoms with Crippen molar-refractivity contribution in [1.29, 1.82) is 0 Å². The molecule has 14 nitrogen and oxygen atoms in total. The van der Waals surface area contributed by atoms with Gasteiger partial charge in [0.25, 0.3) is 5.92 Å². The van der Waals surface area contributed by atoms with Gasteiger partial charge >= 0.3 is 12.2 Å². The first-order valence-corrected chi connectivity index (χ1v) is 19.0. The molecule has 1 fully saturated rings. The molecule has 3 aliphatic rings. The second-order valence-corrected chi connectivity index (χ2v) is 15.2. The number of benzene rings is 2. The number of carbonyl (C=O) groups is 4. The number of halogens is 2. The van der Waals surface area contributed by atoms with Crippen LogP contribution < -0.4 is 10.6 Å². The summed E-state index contributed by atoms with van der Waals surface area (Å²) in [6.07, 6.45) is 6.92. The number of H-pyrrole nitrogens is 2. The van der Waals surface area contributed by atoms with E-state index in [9.17, 15) is 19.2 Å². The number of hydrogen-bond acceptors (Lipinski definition) is 8. The van der Waals surface area contributed by atoms with E-state index in [-0.39, 0.29) is 40.8 Å². The van der Waals surface area contributed by atoms with Gasteiger partial charge in [-0.2, -0.15) is 8.78 Å². The Morgan fingerprint density at radius 2 is 1.37 bits per heavy atom. The number of alkyl carbamates (subject to hydrolysis) is 2. The summed E-state index contributed by atoms with van der Waals surface area (Å²) in [5.41, 5.74) is 2.84. The van der Waals surface area contributed by atoms with Crippen molar-refractivity contribution in [3.8, 4) is 33.6 Å². The van der Waals surface area contributed by atoms with Gasteiger partial charge in [0, 0.05) is 35.3 Å². The average molecular weight is 785 g/mol. The predicted molar refractivity (Wildman–Crippen MR) is 206 cm³/mol. The van der Waals surface area contributed by atoms with Gasteiger partial charge in [-0.05, 0) is 47.9 Å². The van der Waals surface area contributed by atoms with Crippen LogP contribution in [0.15, 0.2) is 60.9 Å². The monoisotopic (exact) mass is 784 g/mol. The number of ether oxygens (including phenoxy) is 2. The molecule has 0 saturated carbocycles. The number of likely N-dealkylation sites (tertiary alicyclic amines) is 1. The van der Waals surface area contributed by atoms with Crippen molar-refractivity contribution < 1.29 is 37.4 Å². The molecular formula is C41H46F2N8O6. The zero-order valence-corrected chi connectivity index (χ0v) is 32.6. The molecule has 2 aromatic heterocycles.